The number of rotatable bonds is 3. The molecular weight excluding hydrogens is 392 g/mol. The van der Waals surface area contributed by atoms with Crippen LogP contribution in [0, 0.1) is 5.82 Å². The summed E-state index contributed by atoms with van der Waals surface area (Å²) >= 11 is 12.1. The van der Waals surface area contributed by atoms with Crippen LogP contribution < -0.4 is 4.72 Å². The normalized spacial score (nSPS) is 11.7. The molecule has 1 aromatic heterocycles. The summed E-state index contributed by atoms with van der Waals surface area (Å²) in [6, 6.07) is 7.11. The quantitative estimate of drug-likeness (QED) is 0.730. The fraction of sp³-hybridized carbons (Fsp3) is 0.0667. The van der Waals surface area contributed by atoms with E-state index in [4.69, 9.17) is 23.2 Å². The van der Waals surface area contributed by atoms with E-state index in [2.05, 4.69) is 5.10 Å². The molecule has 2 aromatic carbocycles. The second-order valence-electron chi connectivity index (χ2n) is 5.25. The van der Waals surface area contributed by atoms with E-state index >= 15 is 0 Å². The van der Waals surface area contributed by atoms with Crippen molar-refractivity contribution in [2.24, 2.45) is 0 Å². The third-order valence-electron chi connectivity index (χ3n) is 3.32. The zero-order valence-corrected chi connectivity index (χ0v) is 15.0. The molecule has 0 saturated heterocycles. The molecule has 3 rings (SSSR count). The van der Waals surface area contributed by atoms with Crippen molar-refractivity contribution < 1.29 is 17.6 Å². The van der Waals surface area contributed by atoms with E-state index in [0.717, 1.165) is 23.8 Å². The Kier molecular flexibility index (Phi) is 4.44. The van der Waals surface area contributed by atoms with Crippen LogP contribution in [-0.2, 0) is 10.0 Å². The molecule has 0 saturated carbocycles. The van der Waals surface area contributed by atoms with Crippen molar-refractivity contribution in [1.29, 1.82) is 0 Å². The van der Waals surface area contributed by atoms with Gasteiger partial charge in [-0.2, -0.15) is 5.10 Å². The molecule has 0 atom stereocenters. The molecule has 25 heavy (non-hydrogen) atoms. The lowest BCUT2D eigenvalue weighted by Gasteiger charge is -2.10. The van der Waals surface area contributed by atoms with Crippen LogP contribution in [0.25, 0.3) is 16.6 Å². The fourth-order valence-electron chi connectivity index (χ4n) is 2.29. The summed E-state index contributed by atoms with van der Waals surface area (Å²) in [7, 11) is -3.83. The number of hydrogen-bond donors (Lipinski definition) is 1. The van der Waals surface area contributed by atoms with Crippen molar-refractivity contribution in [3.05, 3.63) is 58.0 Å². The summed E-state index contributed by atoms with van der Waals surface area (Å²) in [6.45, 7) is 0. The molecule has 6 nitrogen and oxygen atoms in total. The molecule has 0 aliphatic carbocycles. The molecule has 0 fully saturated rings. The van der Waals surface area contributed by atoms with E-state index in [1.54, 1.807) is 29.1 Å². The van der Waals surface area contributed by atoms with Crippen molar-refractivity contribution in [3.8, 4) is 5.69 Å². The van der Waals surface area contributed by atoms with Crippen LogP contribution in [0.1, 0.15) is 10.4 Å². The monoisotopic (exact) mass is 401 g/mol. The number of amides is 1. The number of benzene rings is 2. The molecule has 1 amide bonds. The minimum absolute atomic E-state index is 0.0278. The van der Waals surface area contributed by atoms with Crippen LogP contribution in [0.3, 0.4) is 0 Å². The van der Waals surface area contributed by atoms with Gasteiger partial charge in [-0.25, -0.2) is 22.2 Å². The lowest BCUT2D eigenvalue weighted by Crippen LogP contribution is -2.30. The summed E-state index contributed by atoms with van der Waals surface area (Å²) in [4.78, 5) is 11.9. The molecule has 10 heteroatoms. The molecule has 0 radical (unpaired) electrons. The van der Waals surface area contributed by atoms with Crippen molar-refractivity contribution >= 4 is 50.0 Å². The zero-order chi connectivity index (χ0) is 18.4. The highest BCUT2D eigenvalue weighted by Gasteiger charge is 2.19. The number of nitrogens with zero attached hydrogens (tertiary/aromatic N) is 2. The molecule has 3 aromatic rings. The van der Waals surface area contributed by atoms with Crippen molar-refractivity contribution in [1.82, 2.24) is 14.5 Å². The van der Waals surface area contributed by atoms with Gasteiger partial charge in [0.2, 0.25) is 10.0 Å². The maximum atomic E-state index is 14.3. The van der Waals surface area contributed by atoms with Crippen LogP contribution in [0.4, 0.5) is 4.39 Å². The van der Waals surface area contributed by atoms with Gasteiger partial charge >= 0.3 is 0 Å². The Labute approximate surface area is 152 Å². The number of hydrogen-bond acceptors (Lipinski definition) is 4. The average molecular weight is 402 g/mol. The fourth-order valence-corrected chi connectivity index (χ4v) is 3.16. The predicted molar refractivity (Wildman–Crippen MR) is 93.4 cm³/mol. The highest BCUT2D eigenvalue weighted by Crippen LogP contribution is 2.28. The van der Waals surface area contributed by atoms with Crippen LogP contribution in [0.15, 0.2) is 36.5 Å². The highest BCUT2D eigenvalue weighted by atomic mass is 35.5. The van der Waals surface area contributed by atoms with Gasteiger partial charge in [-0.3, -0.25) is 4.79 Å². The molecular formula is C15H10Cl2FN3O3S. The van der Waals surface area contributed by atoms with E-state index in [9.17, 15) is 17.6 Å². The molecule has 0 aliphatic heterocycles. The Morgan fingerprint density at radius 2 is 1.96 bits per heavy atom. The second kappa shape index (κ2) is 6.29. The number of fused-ring (bicyclic) bond motifs is 1. The average Bonchev–Trinajstić information content (AvgIpc) is 2.90. The largest absolute Gasteiger partial charge is 0.268 e. The summed E-state index contributed by atoms with van der Waals surface area (Å²) in [6.07, 6.45) is 2.33. The maximum absolute atomic E-state index is 14.3. The minimum Gasteiger partial charge on any atom is -0.268 e. The molecule has 1 N–H and O–H groups in total. The van der Waals surface area contributed by atoms with E-state index in [1.165, 1.54) is 4.68 Å². The third kappa shape index (κ3) is 3.60. The number of carbonyl (C=O) groups excluding carboxylic acids is 1. The van der Waals surface area contributed by atoms with Crippen molar-refractivity contribution in [2.45, 2.75) is 0 Å². The van der Waals surface area contributed by atoms with Gasteiger partial charge in [0.15, 0.2) is 0 Å². The Bertz CT molecular complexity index is 1110. The van der Waals surface area contributed by atoms with E-state index < -0.39 is 27.3 Å². The van der Waals surface area contributed by atoms with Gasteiger partial charge < -0.3 is 0 Å². The number of carbonyl (C=O) groups is 1. The van der Waals surface area contributed by atoms with Gasteiger partial charge in [-0.05, 0) is 24.3 Å². The van der Waals surface area contributed by atoms with Gasteiger partial charge in [0.1, 0.15) is 5.82 Å². The van der Waals surface area contributed by atoms with Crippen LogP contribution in [0.2, 0.25) is 10.0 Å². The molecule has 0 bridgehead atoms. The van der Waals surface area contributed by atoms with E-state index in [1.807, 2.05) is 0 Å². The smallest absolute Gasteiger partial charge is 0.267 e. The standard InChI is InChI=1S/C15H10Cl2FN3O3S/c1-25(23,24)20-15(22)10-5-11(17)14(6-12(10)18)21-13-3-2-9(16)4-8(13)7-19-21/h2-7H,1H3,(H,20,22). The summed E-state index contributed by atoms with van der Waals surface area (Å²) in [5.74, 6) is -2.04. The van der Waals surface area contributed by atoms with Crippen LogP contribution in [-0.4, -0.2) is 30.4 Å². The number of sulfonamides is 1. The van der Waals surface area contributed by atoms with Crippen LogP contribution >= 0.6 is 23.2 Å². The maximum Gasteiger partial charge on any atom is 0.267 e. The van der Waals surface area contributed by atoms with Gasteiger partial charge in [0.05, 0.1) is 34.2 Å². The van der Waals surface area contributed by atoms with Crippen LogP contribution in [0.5, 0.6) is 0 Å². The Morgan fingerprint density at radius 1 is 1.24 bits per heavy atom. The van der Waals surface area contributed by atoms with E-state index in [-0.39, 0.29) is 10.7 Å². The summed E-state index contributed by atoms with van der Waals surface area (Å²) in [5, 5.41) is 5.43. The zero-order valence-electron chi connectivity index (χ0n) is 12.6. The molecule has 0 unspecified atom stereocenters. The van der Waals surface area contributed by atoms with Crippen molar-refractivity contribution in [2.75, 3.05) is 6.26 Å². The summed E-state index contributed by atoms with van der Waals surface area (Å²) < 4.78 is 39.7. The lowest BCUT2D eigenvalue weighted by atomic mass is 10.1. The van der Waals surface area contributed by atoms with Gasteiger partial charge in [-0.1, -0.05) is 23.2 Å². The van der Waals surface area contributed by atoms with Gasteiger partial charge in [0, 0.05) is 16.5 Å². The first-order valence-corrected chi connectivity index (χ1v) is 9.45. The van der Waals surface area contributed by atoms with Gasteiger partial charge in [-0.15, -0.1) is 0 Å². The SMILES string of the molecule is CS(=O)(=O)NC(=O)c1cc(Cl)c(-n2ncc3cc(Cl)ccc32)cc1F. The number of halogens is 3. The predicted octanol–water partition coefficient (Wildman–Crippen LogP) is 3.16. The van der Waals surface area contributed by atoms with Gasteiger partial charge in [0.25, 0.3) is 5.91 Å². The highest BCUT2D eigenvalue weighted by molar-refractivity contribution is 7.89. The van der Waals surface area contributed by atoms with Crippen molar-refractivity contribution in [3.63, 3.8) is 0 Å². The third-order valence-corrected chi connectivity index (χ3v) is 4.41. The van der Waals surface area contributed by atoms with E-state index in [0.29, 0.717) is 10.5 Å². The first-order valence-electron chi connectivity index (χ1n) is 6.80. The Hall–Kier alpha value is -2.16. The minimum atomic E-state index is -3.83. The number of nitrogens with one attached hydrogen (secondary N) is 1. The second-order valence-corrected chi connectivity index (χ2v) is 7.84. The Balaban J connectivity index is 2.09. The first-order chi connectivity index (χ1) is 11.7. The lowest BCUT2D eigenvalue weighted by molar-refractivity contribution is 0.0978. The molecule has 1 heterocycles. The summed E-state index contributed by atoms with van der Waals surface area (Å²) in [5.41, 5.74) is 0.352. The topological polar surface area (TPSA) is 81.1 Å². The number of aromatic nitrogens is 2. The first kappa shape index (κ1) is 17.7. The molecule has 0 spiro atoms. The molecule has 130 valence electrons. The molecule has 0 aliphatic rings. The Morgan fingerprint density at radius 3 is 2.64 bits per heavy atom.